The second-order valence-corrected chi connectivity index (χ2v) is 4.22. The van der Waals surface area contributed by atoms with E-state index in [-0.39, 0.29) is 5.91 Å². The van der Waals surface area contributed by atoms with Gasteiger partial charge in [0.15, 0.2) is 0 Å². The first-order valence-electron chi connectivity index (χ1n) is 4.41. The van der Waals surface area contributed by atoms with Crippen molar-refractivity contribution >= 4 is 17.2 Å². The number of nitrogens with one attached hydrogen (secondary N) is 1. The van der Waals surface area contributed by atoms with E-state index in [0.717, 1.165) is 10.7 Å². The highest BCUT2D eigenvalue weighted by Gasteiger charge is 2.03. The van der Waals surface area contributed by atoms with Crippen LogP contribution in [-0.4, -0.2) is 36.4 Å². The van der Waals surface area contributed by atoms with Crippen LogP contribution >= 0.6 is 11.3 Å². The van der Waals surface area contributed by atoms with Crippen LogP contribution in [0.3, 0.4) is 0 Å². The fourth-order valence-corrected chi connectivity index (χ4v) is 1.66. The Morgan fingerprint density at radius 3 is 2.86 bits per heavy atom. The van der Waals surface area contributed by atoms with Gasteiger partial charge in [-0.25, -0.2) is 4.98 Å². The standard InChI is InChI=1S/C9H15N3OS/c1-7-6-14-8(11-7)4-10-5-9(13)12(2)3/h6,10H,4-5H2,1-3H3. The van der Waals surface area contributed by atoms with Crippen LogP contribution in [0.1, 0.15) is 10.7 Å². The summed E-state index contributed by atoms with van der Waals surface area (Å²) in [6.07, 6.45) is 0. The highest BCUT2D eigenvalue weighted by atomic mass is 32.1. The van der Waals surface area contributed by atoms with Crippen LogP contribution in [0, 0.1) is 6.92 Å². The Bertz CT molecular complexity index is 309. The van der Waals surface area contributed by atoms with Crippen LogP contribution in [0.5, 0.6) is 0 Å². The molecule has 1 heterocycles. The van der Waals surface area contributed by atoms with Crippen molar-refractivity contribution in [2.75, 3.05) is 20.6 Å². The van der Waals surface area contributed by atoms with Crippen molar-refractivity contribution in [1.82, 2.24) is 15.2 Å². The summed E-state index contributed by atoms with van der Waals surface area (Å²) in [5.41, 5.74) is 1.03. The molecule has 4 nitrogen and oxygen atoms in total. The van der Waals surface area contributed by atoms with Gasteiger partial charge in [-0.15, -0.1) is 11.3 Å². The molecule has 0 saturated carbocycles. The van der Waals surface area contributed by atoms with Gasteiger partial charge in [0.2, 0.25) is 5.91 Å². The fraction of sp³-hybridized carbons (Fsp3) is 0.556. The number of hydrogen-bond acceptors (Lipinski definition) is 4. The molecule has 0 saturated heterocycles. The Labute approximate surface area is 88.0 Å². The molecule has 1 amide bonds. The first-order valence-corrected chi connectivity index (χ1v) is 5.29. The molecule has 78 valence electrons. The van der Waals surface area contributed by atoms with Crippen LogP contribution in [-0.2, 0) is 11.3 Å². The number of thiazole rings is 1. The summed E-state index contributed by atoms with van der Waals surface area (Å²) < 4.78 is 0. The number of carbonyl (C=O) groups excluding carboxylic acids is 1. The van der Waals surface area contributed by atoms with Crippen molar-refractivity contribution in [3.8, 4) is 0 Å². The maximum atomic E-state index is 11.2. The van der Waals surface area contributed by atoms with Gasteiger partial charge < -0.3 is 10.2 Å². The van der Waals surface area contributed by atoms with Crippen molar-refractivity contribution in [2.45, 2.75) is 13.5 Å². The fourth-order valence-electron chi connectivity index (χ4n) is 0.918. The molecule has 0 fully saturated rings. The van der Waals surface area contributed by atoms with Gasteiger partial charge in [0, 0.05) is 31.7 Å². The Morgan fingerprint density at radius 2 is 2.36 bits per heavy atom. The Hall–Kier alpha value is -0.940. The zero-order chi connectivity index (χ0) is 10.6. The van der Waals surface area contributed by atoms with E-state index >= 15 is 0 Å². The number of likely N-dealkylation sites (N-methyl/N-ethyl adjacent to an activating group) is 1. The predicted octanol–water partition coefficient (Wildman–Crippen LogP) is 0.629. The van der Waals surface area contributed by atoms with E-state index in [1.807, 2.05) is 12.3 Å². The summed E-state index contributed by atoms with van der Waals surface area (Å²) in [7, 11) is 3.50. The van der Waals surface area contributed by atoms with Gasteiger partial charge in [-0.2, -0.15) is 0 Å². The summed E-state index contributed by atoms with van der Waals surface area (Å²) in [4.78, 5) is 17.0. The smallest absolute Gasteiger partial charge is 0.236 e. The molecule has 0 radical (unpaired) electrons. The van der Waals surface area contributed by atoms with Gasteiger partial charge in [-0.3, -0.25) is 4.79 Å². The van der Waals surface area contributed by atoms with Gasteiger partial charge in [0.1, 0.15) is 5.01 Å². The van der Waals surface area contributed by atoms with E-state index in [2.05, 4.69) is 10.3 Å². The first kappa shape index (κ1) is 11.1. The summed E-state index contributed by atoms with van der Waals surface area (Å²) in [5, 5.41) is 6.08. The van der Waals surface area contributed by atoms with Crippen molar-refractivity contribution in [1.29, 1.82) is 0 Å². The number of aromatic nitrogens is 1. The molecule has 0 aliphatic carbocycles. The van der Waals surface area contributed by atoms with Crippen molar-refractivity contribution in [3.05, 3.63) is 16.1 Å². The Kier molecular flexibility index (Phi) is 4.03. The number of rotatable bonds is 4. The highest BCUT2D eigenvalue weighted by Crippen LogP contribution is 2.07. The van der Waals surface area contributed by atoms with Crippen molar-refractivity contribution in [3.63, 3.8) is 0 Å². The van der Waals surface area contributed by atoms with Crippen LogP contribution in [0.2, 0.25) is 0 Å². The second kappa shape index (κ2) is 5.07. The van der Waals surface area contributed by atoms with E-state index in [4.69, 9.17) is 0 Å². The van der Waals surface area contributed by atoms with E-state index in [0.29, 0.717) is 13.1 Å². The zero-order valence-corrected chi connectivity index (χ0v) is 9.52. The summed E-state index contributed by atoms with van der Waals surface area (Å²) in [6.45, 7) is 2.99. The lowest BCUT2D eigenvalue weighted by Gasteiger charge is -2.09. The molecular formula is C9H15N3OS. The van der Waals surface area contributed by atoms with Gasteiger partial charge in [-0.1, -0.05) is 0 Å². The van der Waals surface area contributed by atoms with Crippen molar-refractivity contribution < 1.29 is 4.79 Å². The van der Waals surface area contributed by atoms with E-state index in [1.54, 1.807) is 30.3 Å². The largest absolute Gasteiger partial charge is 0.348 e. The molecule has 5 heteroatoms. The van der Waals surface area contributed by atoms with E-state index in [1.165, 1.54) is 0 Å². The molecule has 0 aromatic carbocycles. The molecule has 0 unspecified atom stereocenters. The third-order valence-corrected chi connectivity index (χ3v) is 2.68. The average Bonchev–Trinajstić information content (AvgIpc) is 2.51. The second-order valence-electron chi connectivity index (χ2n) is 3.27. The number of nitrogens with zero attached hydrogens (tertiary/aromatic N) is 2. The van der Waals surface area contributed by atoms with Crippen molar-refractivity contribution in [2.24, 2.45) is 0 Å². The van der Waals surface area contributed by atoms with Gasteiger partial charge in [-0.05, 0) is 6.92 Å². The van der Waals surface area contributed by atoms with Gasteiger partial charge >= 0.3 is 0 Å². The van der Waals surface area contributed by atoms with Gasteiger partial charge in [0.25, 0.3) is 0 Å². The Balaban J connectivity index is 2.25. The number of carbonyl (C=O) groups is 1. The zero-order valence-electron chi connectivity index (χ0n) is 8.70. The number of aryl methyl sites for hydroxylation is 1. The SMILES string of the molecule is Cc1csc(CNCC(=O)N(C)C)n1. The molecule has 0 atom stereocenters. The molecule has 1 aromatic rings. The third kappa shape index (κ3) is 3.43. The monoisotopic (exact) mass is 213 g/mol. The molecule has 1 N–H and O–H groups in total. The van der Waals surface area contributed by atoms with Crippen LogP contribution in [0.15, 0.2) is 5.38 Å². The molecule has 14 heavy (non-hydrogen) atoms. The van der Waals surface area contributed by atoms with Gasteiger partial charge in [0.05, 0.1) is 6.54 Å². The lowest BCUT2D eigenvalue weighted by atomic mass is 10.5. The molecule has 1 aromatic heterocycles. The molecular weight excluding hydrogens is 198 g/mol. The topological polar surface area (TPSA) is 45.2 Å². The maximum absolute atomic E-state index is 11.2. The predicted molar refractivity (Wildman–Crippen MR) is 57.3 cm³/mol. The number of hydrogen-bond donors (Lipinski definition) is 1. The van der Waals surface area contributed by atoms with Crippen LogP contribution in [0.4, 0.5) is 0 Å². The molecule has 0 aliphatic rings. The summed E-state index contributed by atoms with van der Waals surface area (Å²) in [5.74, 6) is 0.0817. The molecule has 0 aliphatic heterocycles. The normalized spacial score (nSPS) is 10.2. The van der Waals surface area contributed by atoms with E-state index in [9.17, 15) is 4.79 Å². The lowest BCUT2D eigenvalue weighted by Crippen LogP contribution is -2.32. The van der Waals surface area contributed by atoms with E-state index < -0.39 is 0 Å². The molecule has 0 bridgehead atoms. The van der Waals surface area contributed by atoms with Crippen LogP contribution < -0.4 is 5.32 Å². The summed E-state index contributed by atoms with van der Waals surface area (Å²) >= 11 is 1.61. The lowest BCUT2D eigenvalue weighted by molar-refractivity contribution is -0.127. The minimum atomic E-state index is 0.0817. The third-order valence-electron chi connectivity index (χ3n) is 1.72. The molecule has 0 spiro atoms. The first-order chi connectivity index (χ1) is 6.59. The van der Waals surface area contributed by atoms with Crippen LogP contribution in [0.25, 0.3) is 0 Å². The quantitative estimate of drug-likeness (QED) is 0.798. The maximum Gasteiger partial charge on any atom is 0.236 e. The number of amides is 1. The summed E-state index contributed by atoms with van der Waals surface area (Å²) in [6, 6.07) is 0. The highest BCUT2D eigenvalue weighted by molar-refractivity contribution is 7.09. The molecule has 1 rings (SSSR count). The Morgan fingerprint density at radius 1 is 1.64 bits per heavy atom. The minimum Gasteiger partial charge on any atom is -0.348 e. The minimum absolute atomic E-state index is 0.0817. The average molecular weight is 213 g/mol.